The van der Waals surface area contributed by atoms with Crippen molar-refractivity contribution >= 4 is 33.5 Å². The van der Waals surface area contributed by atoms with E-state index in [1.54, 1.807) is 55.0 Å². The molecule has 1 amide bonds. The third-order valence-corrected chi connectivity index (χ3v) is 7.45. The number of aromatic nitrogens is 6. The second-order valence-electron chi connectivity index (χ2n) is 10.0. The van der Waals surface area contributed by atoms with Gasteiger partial charge in [-0.2, -0.15) is 5.10 Å². The Morgan fingerprint density at radius 1 is 0.925 bits per heavy atom. The van der Waals surface area contributed by atoms with Crippen molar-refractivity contribution < 1.29 is 13.6 Å². The third-order valence-electron chi connectivity index (χ3n) is 7.45. The number of H-pyrrole nitrogens is 2. The number of aromatic amines is 2. The van der Waals surface area contributed by atoms with Gasteiger partial charge in [-0.15, -0.1) is 0 Å². The zero-order valence-electron chi connectivity index (χ0n) is 21.2. The Labute approximate surface area is 226 Å². The first-order valence-electron chi connectivity index (χ1n) is 13.1. The average molecular weight is 536 g/mol. The van der Waals surface area contributed by atoms with Gasteiger partial charge < -0.3 is 10.3 Å². The van der Waals surface area contributed by atoms with Gasteiger partial charge in [-0.25, -0.2) is 13.8 Å². The first-order valence-corrected chi connectivity index (χ1v) is 13.1. The second kappa shape index (κ2) is 9.64. The summed E-state index contributed by atoms with van der Waals surface area (Å²) in [6.07, 6.45) is 8.66. The number of pyridine rings is 2. The molecule has 0 radical (unpaired) electrons. The molecule has 0 spiro atoms. The van der Waals surface area contributed by atoms with Crippen LogP contribution in [0.15, 0.2) is 67.1 Å². The molecule has 40 heavy (non-hydrogen) atoms. The van der Waals surface area contributed by atoms with E-state index in [0.717, 1.165) is 25.7 Å². The van der Waals surface area contributed by atoms with Crippen LogP contribution in [0, 0.1) is 17.6 Å². The van der Waals surface area contributed by atoms with Crippen molar-refractivity contribution in [3.05, 3.63) is 78.8 Å². The Kier molecular flexibility index (Phi) is 5.80. The standard InChI is InChI=1S/C30H23F2N7O/c31-19-7-5-16(6-8-19)26-27-23(11-12-34-26)36-29(37-27)28-24-22(38-39-28)10-9-21(25(24)32)18-13-20(15-33-14-18)35-30(40)17-3-1-2-4-17/h5-15,17H,1-4H2,(H,35,40)(H,36,37)(H,38,39). The molecule has 0 aliphatic heterocycles. The highest BCUT2D eigenvalue weighted by molar-refractivity contribution is 5.98. The van der Waals surface area contributed by atoms with Crippen molar-refractivity contribution in [3.63, 3.8) is 0 Å². The van der Waals surface area contributed by atoms with Crippen molar-refractivity contribution in [2.45, 2.75) is 25.7 Å². The maximum atomic E-state index is 16.1. The Hall–Kier alpha value is -4.99. The lowest BCUT2D eigenvalue weighted by molar-refractivity contribution is -0.119. The highest BCUT2D eigenvalue weighted by Crippen LogP contribution is 2.35. The van der Waals surface area contributed by atoms with Crippen LogP contribution in [0.5, 0.6) is 0 Å². The predicted octanol–water partition coefficient (Wildman–Crippen LogP) is 6.64. The van der Waals surface area contributed by atoms with Gasteiger partial charge in [-0.3, -0.25) is 19.9 Å². The molecule has 8 nitrogen and oxygen atoms in total. The SMILES string of the molecule is O=C(Nc1cncc(-c2ccc3[nH]nc(-c4nc5c(-c6ccc(F)cc6)nccc5[nH]4)c3c2F)c1)C1CCCC1. The molecule has 1 aliphatic carbocycles. The van der Waals surface area contributed by atoms with E-state index in [2.05, 4.69) is 30.5 Å². The Balaban J connectivity index is 1.28. The fourth-order valence-electron chi connectivity index (χ4n) is 5.42. The first kappa shape index (κ1) is 24.1. The molecule has 3 N–H and O–H groups in total. The number of hydrogen-bond acceptors (Lipinski definition) is 5. The fourth-order valence-corrected chi connectivity index (χ4v) is 5.42. The summed E-state index contributed by atoms with van der Waals surface area (Å²) in [6, 6.07) is 12.9. The van der Waals surface area contributed by atoms with Gasteiger partial charge in [-0.1, -0.05) is 12.8 Å². The largest absolute Gasteiger partial charge is 0.336 e. The number of nitrogens with zero attached hydrogens (tertiary/aromatic N) is 4. The van der Waals surface area contributed by atoms with Crippen LogP contribution >= 0.6 is 0 Å². The highest BCUT2D eigenvalue weighted by Gasteiger charge is 2.24. The van der Waals surface area contributed by atoms with Gasteiger partial charge in [0.1, 0.15) is 22.8 Å². The number of imidazole rings is 1. The second-order valence-corrected chi connectivity index (χ2v) is 10.0. The van der Waals surface area contributed by atoms with Crippen LogP contribution in [-0.2, 0) is 4.79 Å². The molecular weight excluding hydrogens is 512 g/mol. The van der Waals surface area contributed by atoms with Crippen LogP contribution in [0.3, 0.4) is 0 Å². The van der Waals surface area contributed by atoms with E-state index in [9.17, 15) is 9.18 Å². The molecule has 0 bridgehead atoms. The van der Waals surface area contributed by atoms with Crippen molar-refractivity contribution in [2.75, 3.05) is 5.32 Å². The normalized spacial score (nSPS) is 13.8. The van der Waals surface area contributed by atoms with E-state index >= 15 is 4.39 Å². The number of carbonyl (C=O) groups is 1. The zero-order chi connectivity index (χ0) is 27.2. The van der Waals surface area contributed by atoms with Gasteiger partial charge in [0.15, 0.2) is 5.82 Å². The maximum Gasteiger partial charge on any atom is 0.227 e. The third kappa shape index (κ3) is 4.17. The summed E-state index contributed by atoms with van der Waals surface area (Å²) in [5.74, 6) is -0.481. The molecule has 1 aliphatic rings. The lowest BCUT2D eigenvalue weighted by Crippen LogP contribution is -2.20. The smallest absolute Gasteiger partial charge is 0.227 e. The lowest BCUT2D eigenvalue weighted by Gasteiger charge is -2.11. The first-order chi connectivity index (χ1) is 19.5. The number of benzene rings is 2. The Morgan fingerprint density at radius 3 is 2.58 bits per heavy atom. The van der Waals surface area contributed by atoms with Gasteiger partial charge in [0.2, 0.25) is 5.91 Å². The van der Waals surface area contributed by atoms with Crippen LogP contribution in [0.4, 0.5) is 14.5 Å². The minimum absolute atomic E-state index is 0.00723. The van der Waals surface area contributed by atoms with E-state index in [-0.39, 0.29) is 23.0 Å². The number of anilines is 1. The number of hydrogen-bond donors (Lipinski definition) is 3. The van der Waals surface area contributed by atoms with Crippen LogP contribution < -0.4 is 5.32 Å². The van der Waals surface area contributed by atoms with Gasteiger partial charge in [0.25, 0.3) is 0 Å². The number of amides is 1. The van der Waals surface area contributed by atoms with Crippen LogP contribution in [-0.4, -0.2) is 36.0 Å². The summed E-state index contributed by atoms with van der Waals surface area (Å²) >= 11 is 0. The molecule has 1 fully saturated rings. The number of nitrogens with one attached hydrogen (secondary N) is 3. The van der Waals surface area contributed by atoms with Gasteiger partial charge in [0.05, 0.1) is 34.0 Å². The molecule has 4 aromatic heterocycles. The fraction of sp³-hybridized carbons (Fsp3) is 0.167. The zero-order valence-corrected chi connectivity index (χ0v) is 21.2. The topological polar surface area (TPSA) is 112 Å². The molecule has 198 valence electrons. The summed E-state index contributed by atoms with van der Waals surface area (Å²) in [7, 11) is 0. The van der Waals surface area contributed by atoms with Crippen LogP contribution in [0.25, 0.3) is 55.8 Å². The molecule has 7 rings (SSSR count). The van der Waals surface area contributed by atoms with E-state index < -0.39 is 5.82 Å². The maximum absolute atomic E-state index is 16.1. The highest BCUT2D eigenvalue weighted by atomic mass is 19.1. The lowest BCUT2D eigenvalue weighted by atomic mass is 10.0. The minimum atomic E-state index is -0.486. The van der Waals surface area contributed by atoms with E-state index in [1.165, 1.54) is 12.1 Å². The summed E-state index contributed by atoms with van der Waals surface area (Å²) in [5.41, 5.74) is 4.73. The van der Waals surface area contributed by atoms with Crippen molar-refractivity contribution in [2.24, 2.45) is 5.92 Å². The number of carbonyl (C=O) groups excluding carboxylic acids is 1. The molecular formula is C30H23F2N7O. The number of halogens is 2. The average Bonchev–Trinajstić information content (AvgIpc) is 3.73. The monoisotopic (exact) mass is 535 g/mol. The summed E-state index contributed by atoms with van der Waals surface area (Å²) in [6.45, 7) is 0. The number of rotatable bonds is 5. The van der Waals surface area contributed by atoms with Crippen molar-refractivity contribution in [3.8, 4) is 33.9 Å². The Morgan fingerprint density at radius 2 is 1.75 bits per heavy atom. The molecule has 0 atom stereocenters. The van der Waals surface area contributed by atoms with Crippen molar-refractivity contribution in [1.82, 2.24) is 30.1 Å². The summed E-state index contributed by atoms with van der Waals surface area (Å²) in [5, 5.41) is 10.5. The predicted molar refractivity (Wildman–Crippen MR) is 148 cm³/mol. The molecule has 0 unspecified atom stereocenters. The molecule has 6 aromatic rings. The molecule has 2 aromatic carbocycles. The molecule has 0 saturated heterocycles. The number of fused-ring (bicyclic) bond motifs is 2. The summed E-state index contributed by atoms with van der Waals surface area (Å²) in [4.78, 5) is 29.2. The van der Waals surface area contributed by atoms with Crippen LogP contribution in [0.2, 0.25) is 0 Å². The molecule has 4 heterocycles. The van der Waals surface area contributed by atoms with E-state index in [4.69, 9.17) is 4.98 Å². The van der Waals surface area contributed by atoms with Crippen LogP contribution in [0.1, 0.15) is 25.7 Å². The van der Waals surface area contributed by atoms with Gasteiger partial charge in [0, 0.05) is 35.0 Å². The Bertz CT molecular complexity index is 1890. The molecule has 1 saturated carbocycles. The van der Waals surface area contributed by atoms with Gasteiger partial charge in [-0.05, 0) is 61.4 Å². The van der Waals surface area contributed by atoms with Crippen molar-refractivity contribution in [1.29, 1.82) is 0 Å². The quantitative estimate of drug-likeness (QED) is 0.229. The molecule has 10 heteroatoms. The van der Waals surface area contributed by atoms with Gasteiger partial charge >= 0.3 is 0 Å². The van der Waals surface area contributed by atoms with E-state index in [1.807, 2.05) is 0 Å². The summed E-state index contributed by atoms with van der Waals surface area (Å²) < 4.78 is 29.6. The van der Waals surface area contributed by atoms with E-state index in [0.29, 0.717) is 56.1 Å². The minimum Gasteiger partial charge on any atom is -0.336 e.